The number of ether oxygens (including phenoxy) is 1. The summed E-state index contributed by atoms with van der Waals surface area (Å²) in [4.78, 5) is 11.9. The van der Waals surface area contributed by atoms with Crippen LogP contribution in [0.15, 0.2) is 59.5 Å². The molecule has 0 aliphatic rings. The zero-order valence-electron chi connectivity index (χ0n) is 12.4. The average molecular weight is 354 g/mol. The quantitative estimate of drug-likeness (QED) is 0.809. The molecule has 2 aromatic rings. The highest BCUT2D eigenvalue weighted by Crippen LogP contribution is 2.15. The minimum Gasteiger partial charge on any atom is -0.468 e. The molecule has 0 aromatic heterocycles. The Morgan fingerprint density at radius 3 is 2.30 bits per heavy atom. The molecule has 0 aliphatic heterocycles. The van der Waals surface area contributed by atoms with Crippen molar-refractivity contribution in [2.24, 2.45) is 0 Å². The molecule has 7 heteroatoms. The van der Waals surface area contributed by atoms with Gasteiger partial charge < -0.3 is 4.74 Å². The first-order valence-electron chi connectivity index (χ1n) is 6.82. The topological polar surface area (TPSA) is 72.5 Å². The van der Waals surface area contributed by atoms with Crippen molar-refractivity contribution < 1.29 is 17.9 Å². The Morgan fingerprint density at radius 2 is 1.74 bits per heavy atom. The summed E-state index contributed by atoms with van der Waals surface area (Å²) in [7, 11) is -2.64. The van der Waals surface area contributed by atoms with E-state index in [1.807, 2.05) is 30.3 Å². The van der Waals surface area contributed by atoms with Crippen LogP contribution >= 0.6 is 11.6 Å². The van der Waals surface area contributed by atoms with E-state index in [9.17, 15) is 13.2 Å². The molecular formula is C16H16ClNO4S. The summed E-state index contributed by atoms with van der Waals surface area (Å²) in [5, 5.41) is 0.428. The molecule has 0 amide bonds. The summed E-state index contributed by atoms with van der Waals surface area (Å²) in [6, 6.07) is 13.8. The van der Waals surface area contributed by atoms with Crippen molar-refractivity contribution in [1.82, 2.24) is 4.72 Å². The largest absolute Gasteiger partial charge is 0.468 e. The lowest BCUT2D eigenvalue weighted by Gasteiger charge is -2.17. The van der Waals surface area contributed by atoms with Gasteiger partial charge in [-0.3, -0.25) is 4.79 Å². The van der Waals surface area contributed by atoms with Crippen LogP contribution in [0.5, 0.6) is 0 Å². The van der Waals surface area contributed by atoms with Gasteiger partial charge in [0.25, 0.3) is 0 Å². The molecular weight excluding hydrogens is 338 g/mol. The number of carbonyl (C=O) groups is 1. The van der Waals surface area contributed by atoms with Crippen LogP contribution in [-0.4, -0.2) is 27.5 Å². The molecule has 23 heavy (non-hydrogen) atoms. The third-order valence-corrected chi connectivity index (χ3v) is 4.93. The van der Waals surface area contributed by atoms with Crippen molar-refractivity contribution in [3.05, 3.63) is 65.2 Å². The molecule has 122 valence electrons. The molecule has 1 atom stereocenters. The fourth-order valence-electron chi connectivity index (χ4n) is 2.03. The van der Waals surface area contributed by atoms with Gasteiger partial charge in [0.15, 0.2) is 0 Å². The van der Waals surface area contributed by atoms with Crippen LogP contribution in [0.3, 0.4) is 0 Å². The van der Waals surface area contributed by atoms with Crippen LogP contribution in [0.2, 0.25) is 5.02 Å². The fraction of sp³-hybridized carbons (Fsp3) is 0.188. The van der Waals surface area contributed by atoms with Gasteiger partial charge >= 0.3 is 5.97 Å². The number of methoxy groups -OCH3 is 1. The number of esters is 1. The molecule has 0 aliphatic carbocycles. The van der Waals surface area contributed by atoms with E-state index >= 15 is 0 Å². The Kier molecular flexibility index (Phi) is 5.76. The minimum atomic E-state index is -3.86. The molecule has 0 fully saturated rings. The Labute approximate surface area is 140 Å². The maximum atomic E-state index is 12.4. The number of nitrogens with one attached hydrogen (secondary N) is 1. The summed E-state index contributed by atoms with van der Waals surface area (Å²) < 4.78 is 31.9. The second kappa shape index (κ2) is 7.59. The highest BCUT2D eigenvalue weighted by atomic mass is 35.5. The van der Waals surface area contributed by atoms with Crippen molar-refractivity contribution in [3.8, 4) is 0 Å². The van der Waals surface area contributed by atoms with Gasteiger partial charge in [0, 0.05) is 5.02 Å². The lowest BCUT2D eigenvalue weighted by Crippen LogP contribution is -2.42. The molecule has 0 radical (unpaired) electrons. The van der Waals surface area contributed by atoms with Gasteiger partial charge in [-0.15, -0.1) is 0 Å². The van der Waals surface area contributed by atoms with E-state index < -0.39 is 22.0 Å². The van der Waals surface area contributed by atoms with Crippen molar-refractivity contribution >= 4 is 27.6 Å². The summed E-state index contributed by atoms with van der Waals surface area (Å²) in [5.41, 5.74) is 0.821. The smallest absolute Gasteiger partial charge is 0.324 e. The lowest BCUT2D eigenvalue weighted by atomic mass is 10.1. The Bertz CT molecular complexity index is 760. The SMILES string of the molecule is COC(=O)[C@H](Cc1ccccc1)NS(=O)(=O)c1ccc(Cl)cc1. The Balaban J connectivity index is 2.23. The van der Waals surface area contributed by atoms with E-state index in [2.05, 4.69) is 4.72 Å². The summed E-state index contributed by atoms with van der Waals surface area (Å²) in [6.07, 6.45) is 0.195. The van der Waals surface area contributed by atoms with E-state index in [0.717, 1.165) is 5.56 Å². The van der Waals surface area contributed by atoms with Crippen LogP contribution < -0.4 is 4.72 Å². The number of halogens is 1. The van der Waals surface area contributed by atoms with Gasteiger partial charge in [-0.05, 0) is 36.2 Å². The Morgan fingerprint density at radius 1 is 1.13 bits per heavy atom. The number of benzene rings is 2. The van der Waals surface area contributed by atoms with Crippen molar-refractivity contribution in [1.29, 1.82) is 0 Å². The standard InChI is InChI=1S/C16H16ClNO4S/c1-22-16(19)15(11-12-5-3-2-4-6-12)18-23(20,21)14-9-7-13(17)8-10-14/h2-10,15,18H,11H2,1H3/t15-/m0/s1. The third-order valence-electron chi connectivity index (χ3n) is 3.19. The normalized spacial score (nSPS) is 12.6. The van der Waals surface area contributed by atoms with E-state index in [0.29, 0.717) is 5.02 Å². The van der Waals surface area contributed by atoms with E-state index in [-0.39, 0.29) is 11.3 Å². The first-order valence-corrected chi connectivity index (χ1v) is 8.68. The number of rotatable bonds is 6. The summed E-state index contributed by atoms with van der Waals surface area (Å²) in [6.45, 7) is 0. The van der Waals surface area contributed by atoms with Gasteiger partial charge in [0.1, 0.15) is 6.04 Å². The summed E-state index contributed by atoms with van der Waals surface area (Å²) >= 11 is 5.76. The number of hydrogen-bond donors (Lipinski definition) is 1. The average Bonchev–Trinajstić information content (AvgIpc) is 2.54. The zero-order chi connectivity index (χ0) is 16.9. The Hall–Kier alpha value is -1.89. The predicted octanol–water partition coefficient (Wildman–Crippen LogP) is 2.40. The molecule has 0 spiro atoms. The number of sulfonamides is 1. The zero-order valence-corrected chi connectivity index (χ0v) is 14.0. The van der Waals surface area contributed by atoms with Gasteiger partial charge in [-0.2, -0.15) is 4.72 Å². The summed E-state index contributed by atoms with van der Waals surface area (Å²) in [5.74, 6) is -0.647. The predicted molar refractivity (Wildman–Crippen MR) is 87.7 cm³/mol. The second-order valence-corrected chi connectivity index (χ2v) is 6.99. The molecule has 0 saturated carbocycles. The van der Waals surface area contributed by atoms with Crippen molar-refractivity contribution in [2.45, 2.75) is 17.4 Å². The van der Waals surface area contributed by atoms with Crippen LogP contribution in [-0.2, 0) is 26.0 Å². The fourth-order valence-corrected chi connectivity index (χ4v) is 3.34. The van der Waals surface area contributed by atoms with E-state index in [1.165, 1.54) is 31.4 Å². The van der Waals surface area contributed by atoms with Crippen molar-refractivity contribution in [2.75, 3.05) is 7.11 Å². The van der Waals surface area contributed by atoms with Crippen LogP contribution in [0, 0.1) is 0 Å². The highest BCUT2D eigenvalue weighted by molar-refractivity contribution is 7.89. The molecule has 5 nitrogen and oxygen atoms in total. The van der Waals surface area contributed by atoms with E-state index in [4.69, 9.17) is 16.3 Å². The van der Waals surface area contributed by atoms with Crippen LogP contribution in [0.25, 0.3) is 0 Å². The monoisotopic (exact) mass is 353 g/mol. The third kappa shape index (κ3) is 4.79. The maximum absolute atomic E-state index is 12.4. The van der Waals surface area contributed by atoms with E-state index in [1.54, 1.807) is 0 Å². The van der Waals surface area contributed by atoms with Crippen LogP contribution in [0.4, 0.5) is 0 Å². The first kappa shape index (κ1) is 17.5. The molecule has 0 unspecified atom stereocenters. The maximum Gasteiger partial charge on any atom is 0.324 e. The molecule has 0 saturated heterocycles. The van der Waals surface area contributed by atoms with Gasteiger partial charge in [0.2, 0.25) is 10.0 Å². The molecule has 1 N–H and O–H groups in total. The van der Waals surface area contributed by atoms with Gasteiger partial charge in [0.05, 0.1) is 12.0 Å². The molecule has 2 rings (SSSR count). The molecule has 2 aromatic carbocycles. The van der Waals surface area contributed by atoms with Gasteiger partial charge in [-0.25, -0.2) is 8.42 Å². The minimum absolute atomic E-state index is 0.0314. The van der Waals surface area contributed by atoms with Crippen molar-refractivity contribution in [3.63, 3.8) is 0 Å². The molecule has 0 heterocycles. The number of carbonyl (C=O) groups excluding carboxylic acids is 1. The molecule has 0 bridgehead atoms. The lowest BCUT2D eigenvalue weighted by molar-refractivity contribution is -0.142. The van der Waals surface area contributed by atoms with Crippen LogP contribution in [0.1, 0.15) is 5.56 Å². The highest BCUT2D eigenvalue weighted by Gasteiger charge is 2.26. The van der Waals surface area contributed by atoms with Gasteiger partial charge in [-0.1, -0.05) is 41.9 Å². The first-order chi connectivity index (χ1) is 10.9. The number of hydrogen-bond acceptors (Lipinski definition) is 4. The second-order valence-electron chi connectivity index (χ2n) is 4.84.